The second-order valence-corrected chi connectivity index (χ2v) is 5.10. The molecule has 2 N–H and O–H groups in total. The summed E-state index contributed by atoms with van der Waals surface area (Å²) in [6, 6.07) is 5.62. The van der Waals surface area contributed by atoms with Gasteiger partial charge in [0.2, 0.25) is 0 Å². The Labute approximate surface area is 129 Å². The van der Waals surface area contributed by atoms with E-state index in [-0.39, 0.29) is 17.5 Å². The summed E-state index contributed by atoms with van der Waals surface area (Å²) in [5.74, 6) is -0.582. The molecule has 116 valence electrons. The quantitative estimate of drug-likeness (QED) is 0.908. The van der Waals surface area contributed by atoms with E-state index in [2.05, 4.69) is 15.7 Å². The zero-order chi connectivity index (χ0) is 16.3. The molecule has 6 heteroatoms. The molecule has 1 aromatic heterocycles. The molecule has 0 radical (unpaired) electrons. The molecule has 0 aliphatic rings. The molecule has 0 spiro atoms. The minimum absolute atomic E-state index is 0.211. The minimum Gasteiger partial charge on any atom is -0.354 e. The highest BCUT2D eigenvalue weighted by molar-refractivity contribution is 6.08. The van der Waals surface area contributed by atoms with E-state index in [1.807, 2.05) is 32.9 Å². The number of carbonyl (C=O) groups excluding carboxylic acids is 2. The molecule has 0 aliphatic heterocycles. The average molecular weight is 300 g/mol. The Hall–Kier alpha value is -2.63. The Morgan fingerprint density at radius 2 is 1.95 bits per heavy atom. The van der Waals surface area contributed by atoms with Crippen LogP contribution in [0.25, 0.3) is 0 Å². The summed E-state index contributed by atoms with van der Waals surface area (Å²) in [7, 11) is 1.53. The molecule has 2 rings (SSSR count). The highest BCUT2D eigenvalue weighted by Gasteiger charge is 2.18. The molecule has 6 nitrogen and oxygen atoms in total. The van der Waals surface area contributed by atoms with Crippen LogP contribution in [-0.4, -0.2) is 28.6 Å². The first kappa shape index (κ1) is 15.8. The summed E-state index contributed by atoms with van der Waals surface area (Å²) in [5.41, 5.74) is 3.19. The second kappa shape index (κ2) is 6.43. The summed E-state index contributed by atoms with van der Waals surface area (Å²) in [6.07, 6.45) is 1.66. The van der Waals surface area contributed by atoms with Crippen LogP contribution in [0.3, 0.4) is 0 Å². The molecule has 1 heterocycles. The van der Waals surface area contributed by atoms with Crippen molar-refractivity contribution in [2.45, 2.75) is 27.3 Å². The number of amides is 2. The van der Waals surface area contributed by atoms with Crippen LogP contribution >= 0.6 is 0 Å². The molecule has 1 aromatic carbocycles. The SMILES string of the molecule is CCn1cc(NC(=O)c2ccc(C)cc2C)c(C(=O)NC)n1. The Balaban J connectivity index is 2.31. The molecule has 0 saturated heterocycles. The number of carbonyl (C=O) groups is 2. The van der Waals surface area contributed by atoms with Gasteiger partial charge >= 0.3 is 0 Å². The Morgan fingerprint density at radius 1 is 1.23 bits per heavy atom. The third-order valence-corrected chi connectivity index (χ3v) is 3.40. The van der Waals surface area contributed by atoms with E-state index in [9.17, 15) is 9.59 Å². The van der Waals surface area contributed by atoms with Gasteiger partial charge in [-0.25, -0.2) is 0 Å². The summed E-state index contributed by atoms with van der Waals surface area (Å²) >= 11 is 0. The molecule has 22 heavy (non-hydrogen) atoms. The molecule has 0 saturated carbocycles. The highest BCUT2D eigenvalue weighted by atomic mass is 16.2. The van der Waals surface area contributed by atoms with Crippen LogP contribution in [0.2, 0.25) is 0 Å². The smallest absolute Gasteiger partial charge is 0.273 e. The fourth-order valence-corrected chi connectivity index (χ4v) is 2.22. The summed E-state index contributed by atoms with van der Waals surface area (Å²) in [4.78, 5) is 24.3. The molecule has 2 aromatic rings. The van der Waals surface area contributed by atoms with Crippen molar-refractivity contribution in [3.05, 3.63) is 46.8 Å². The number of hydrogen-bond donors (Lipinski definition) is 2. The molecular formula is C16H20N4O2. The van der Waals surface area contributed by atoms with E-state index in [0.29, 0.717) is 17.8 Å². The molecule has 0 fully saturated rings. The zero-order valence-electron chi connectivity index (χ0n) is 13.2. The van der Waals surface area contributed by atoms with Gasteiger partial charge in [0.25, 0.3) is 11.8 Å². The maximum absolute atomic E-state index is 12.4. The predicted molar refractivity (Wildman–Crippen MR) is 85.2 cm³/mol. The van der Waals surface area contributed by atoms with Gasteiger partial charge in [0.15, 0.2) is 5.69 Å². The lowest BCUT2D eigenvalue weighted by molar-refractivity contribution is 0.0958. The van der Waals surface area contributed by atoms with Crippen molar-refractivity contribution >= 4 is 17.5 Å². The lowest BCUT2D eigenvalue weighted by atomic mass is 10.1. The third-order valence-electron chi connectivity index (χ3n) is 3.40. The first-order chi connectivity index (χ1) is 10.5. The van der Waals surface area contributed by atoms with Gasteiger partial charge in [0.1, 0.15) is 0 Å². The summed E-state index contributed by atoms with van der Waals surface area (Å²) in [6.45, 7) is 6.39. The van der Waals surface area contributed by atoms with E-state index in [1.165, 1.54) is 7.05 Å². The minimum atomic E-state index is -0.330. The fraction of sp³-hybridized carbons (Fsp3) is 0.312. The van der Waals surface area contributed by atoms with Crippen molar-refractivity contribution in [1.82, 2.24) is 15.1 Å². The van der Waals surface area contributed by atoms with Crippen LogP contribution in [0.15, 0.2) is 24.4 Å². The molecule has 0 bridgehead atoms. The number of aromatic nitrogens is 2. The van der Waals surface area contributed by atoms with Crippen molar-refractivity contribution in [2.75, 3.05) is 12.4 Å². The van der Waals surface area contributed by atoms with Crippen molar-refractivity contribution in [3.63, 3.8) is 0 Å². The van der Waals surface area contributed by atoms with Crippen molar-refractivity contribution in [2.24, 2.45) is 0 Å². The second-order valence-electron chi connectivity index (χ2n) is 5.10. The van der Waals surface area contributed by atoms with Gasteiger partial charge in [0.05, 0.1) is 5.69 Å². The van der Waals surface area contributed by atoms with Crippen LogP contribution in [-0.2, 0) is 6.54 Å². The summed E-state index contributed by atoms with van der Waals surface area (Å²) in [5, 5.41) is 9.47. The Kier molecular flexibility index (Phi) is 4.60. The lowest BCUT2D eigenvalue weighted by Gasteiger charge is -2.08. The van der Waals surface area contributed by atoms with E-state index in [0.717, 1.165) is 11.1 Å². The third kappa shape index (κ3) is 3.16. The topological polar surface area (TPSA) is 76.0 Å². The van der Waals surface area contributed by atoms with Gasteiger partial charge in [-0.1, -0.05) is 17.7 Å². The summed E-state index contributed by atoms with van der Waals surface area (Å²) < 4.78 is 1.61. The monoisotopic (exact) mass is 300 g/mol. The number of nitrogens with one attached hydrogen (secondary N) is 2. The molecule has 2 amide bonds. The van der Waals surface area contributed by atoms with Gasteiger partial charge in [-0.2, -0.15) is 5.10 Å². The normalized spacial score (nSPS) is 10.4. The number of benzene rings is 1. The first-order valence-electron chi connectivity index (χ1n) is 7.14. The van der Waals surface area contributed by atoms with Crippen LogP contribution in [0.1, 0.15) is 38.9 Å². The fourth-order valence-electron chi connectivity index (χ4n) is 2.22. The van der Waals surface area contributed by atoms with Crippen molar-refractivity contribution in [3.8, 4) is 0 Å². The van der Waals surface area contributed by atoms with Crippen molar-refractivity contribution < 1.29 is 9.59 Å². The van der Waals surface area contributed by atoms with Crippen LogP contribution in [0.4, 0.5) is 5.69 Å². The molecule has 0 aliphatic carbocycles. The Bertz CT molecular complexity index is 719. The number of hydrogen-bond acceptors (Lipinski definition) is 3. The van der Waals surface area contributed by atoms with Gasteiger partial charge < -0.3 is 10.6 Å². The number of aryl methyl sites for hydroxylation is 3. The largest absolute Gasteiger partial charge is 0.354 e. The maximum Gasteiger partial charge on any atom is 0.273 e. The molecule has 0 atom stereocenters. The molecular weight excluding hydrogens is 280 g/mol. The molecule has 0 unspecified atom stereocenters. The first-order valence-corrected chi connectivity index (χ1v) is 7.14. The van der Waals surface area contributed by atoms with E-state index in [1.54, 1.807) is 16.9 Å². The number of nitrogens with zero attached hydrogens (tertiary/aromatic N) is 2. The predicted octanol–water partition coefficient (Wildman–Crippen LogP) is 2.13. The number of rotatable bonds is 4. The van der Waals surface area contributed by atoms with Gasteiger partial charge in [0, 0.05) is 25.4 Å². The average Bonchev–Trinajstić information content (AvgIpc) is 2.89. The Morgan fingerprint density at radius 3 is 2.55 bits per heavy atom. The van der Waals surface area contributed by atoms with Crippen molar-refractivity contribution in [1.29, 1.82) is 0 Å². The van der Waals surface area contributed by atoms with Crippen LogP contribution < -0.4 is 10.6 Å². The van der Waals surface area contributed by atoms with Crippen LogP contribution in [0.5, 0.6) is 0 Å². The lowest BCUT2D eigenvalue weighted by Crippen LogP contribution is -2.21. The van der Waals surface area contributed by atoms with Gasteiger partial charge in [-0.15, -0.1) is 0 Å². The highest BCUT2D eigenvalue weighted by Crippen LogP contribution is 2.17. The van der Waals surface area contributed by atoms with Gasteiger partial charge in [-0.3, -0.25) is 14.3 Å². The van der Waals surface area contributed by atoms with E-state index < -0.39 is 0 Å². The van der Waals surface area contributed by atoms with Gasteiger partial charge in [-0.05, 0) is 32.4 Å². The van der Waals surface area contributed by atoms with E-state index >= 15 is 0 Å². The standard InChI is InChI=1S/C16H20N4O2/c1-5-20-9-13(14(19-20)16(22)17-4)18-15(21)12-7-6-10(2)8-11(12)3/h6-9H,5H2,1-4H3,(H,17,22)(H,18,21). The zero-order valence-corrected chi connectivity index (χ0v) is 13.2. The maximum atomic E-state index is 12.4. The van der Waals surface area contributed by atoms with Crippen LogP contribution in [0, 0.1) is 13.8 Å². The van der Waals surface area contributed by atoms with E-state index in [4.69, 9.17) is 0 Å². The number of anilines is 1.